The monoisotopic (exact) mass is 272 g/mol. The molecule has 0 radical (unpaired) electrons. The molecule has 0 saturated carbocycles. The summed E-state index contributed by atoms with van der Waals surface area (Å²) >= 11 is 0. The number of aliphatic hydroxyl groups is 4. The van der Waals surface area contributed by atoms with E-state index < -0.39 is 31.2 Å². The number of ether oxygens (including phenoxy) is 2. The summed E-state index contributed by atoms with van der Waals surface area (Å²) in [6, 6.07) is 9.26. The molecule has 0 aliphatic heterocycles. The number of hydrogen-bond donors (Lipinski definition) is 4. The Balaban J connectivity index is 2.53. The lowest BCUT2D eigenvalue weighted by atomic mass is 10.1. The number of methoxy groups -OCH3 is 1. The van der Waals surface area contributed by atoms with E-state index in [4.69, 9.17) is 14.6 Å². The molecule has 4 N–H and O–H groups in total. The van der Waals surface area contributed by atoms with Gasteiger partial charge in [0.1, 0.15) is 18.3 Å². The van der Waals surface area contributed by atoms with Gasteiger partial charge in [0, 0.05) is 7.11 Å². The van der Waals surface area contributed by atoms with Crippen LogP contribution < -0.4 is 0 Å². The zero-order valence-corrected chi connectivity index (χ0v) is 10.7. The van der Waals surface area contributed by atoms with Gasteiger partial charge in [-0.3, -0.25) is 0 Å². The second-order valence-corrected chi connectivity index (χ2v) is 4.13. The Bertz CT molecular complexity index is 344. The van der Waals surface area contributed by atoms with Crippen LogP contribution in [0, 0.1) is 0 Å². The highest BCUT2D eigenvalue weighted by molar-refractivity contribution is 5.13. The maximum Gasteiger partial charge on any atom is 0.186 e. The second-order valence-electron chi connectivity index (χ2n) is 4.13. The van der Waals surface area contributed by atoms with Gasteiger partial charge >= 0.3 is 0 Å². The molecule has 6 nitrogen and oxygen atoms in total. The van der Waals surface area contributed by atoms with Gasteiger partial charge < -0.3 is 29.9 Å². The molecule has 0 heterocycles. The van der Waals surface area contributed by atoms with Gasteiger partial charge in [0.05, 0.1) is 13.2 Å². The molecular weight excluding hydrogens is 252 g/mol. The Hall–Kier alpha value is -1.02. The maximum absolute atomic E-state index is 9.79. The highest BCUT2D eigenvalue weighted by atomic mass is 16.7. The zero-order valence-electron chi connectivity index (χ0n) is 10.7. The number of hydrogen-bond acceptors (Lipinski definition) is 6. The third-order valence-electron chi connectivity index (χ3n) is 2.70. The molecule has 0 spiro atoms. The van der Waals surface area contributed by atoms with Crippen LogP contribution in [0.5, 0.6) is 0 Å². The highest BCUT2D eigenvalue weighted by Gasteiger charge is 2.31. The van der Waals surface area contributed by atoms with Crippen molar-refractivity contribution in [3.63, 3.8) is 0 Å². The standard InChI is InChI=1S/C13H20O6/c1-18-13(12(17)11(16)10(15)7-14)19-8-9-5-3-2-4-6-9/h2-6,10-17H,7-8H2,1H3/t10-,11+,12-,13?/m0/s1. The van der Waals surface area contributed by atoms with Crippen LogP contribution in [0.1, 0.15) is 5.56 Å². The van der Waals surface area contributed by atoms with Crippen LogP contribution >= 0.6 is 0 Å². The van der Waals surface area contributed by atoms with Crippen LogP contribution in [0.15, 0.2) is 30.3 Å². The summed E-state index contributed by atoms with van der Waals surface area (Å²) in [5.41, 5.74) is 0.883. The lowest BCUT2D eigenvalue weighted by Crippen LogP contribution is -2.47. The fourth-order valence-electron chi connectivity index (χ4n) is 1.56. The Morgan fingerprint density at radius 2 is 1.68 bits per heavy atom. The molecule has 6 heteroatoms. The topological polar surface area (TPSA) is 99.4 Å². The Kier molecular flexibility index (Phi) is 6.93. The average molecular weight is 272 g/mol. The molecule has 4 atom stereocenters. The van der Waals surface area contributed by atoms with Crippen molar-refractivity contribution in [1.82, 2.24) is 0 Å². The lowest BCUT2D eigenvalue weighted by Gasteiger charge is -2.27. The van der Waals surface area contributed by atoms with E-state index >= 15 is 0 Å². The van der Waals surface area contributed by atoms with Gasteiger partial charge in [-0.25, -0.2) is 0 Å². The molecule has 0 aliphatic rings. The van der Waals surface area contributed by atoms with Gasteiger partial charge in [0.25, 0.3) is 0 Å². The summed E-state index contributed by atoms with van der Waals surface area (Å²) in [6.45, 7) is -0.467. The minimum atomic E-state index is -1.55. The molecule has 19 heavy (non-hydrogen) atoms. The molecule has 0 fully saturated rings. The van der Waals surface area contributed by atoms with E-state index in [1.165, 1.54) is 7.11 Å². The van der Waals surface area contributed by atoms with Crippen molar-refractivity contribution in [1.29, 1.82) is 0 Å². The van der Waals surface area contributed by atoms with Crippen molar-refractivity contribution in [2.24, 2.45) is 0 Å². The van der Waals surface area contributed by atoms with Gasteiger partial charge in [-0.1, -0.05) is 30.3 Å². The summed E-state index contributed by atoms with van der Waals surface area (Å²) < 4.78 is 10.3. The second kappa shape index (κ2) is 8.21. The third-order valence-corrected chi connectivity index (χ3v) is 2.70. The normalized spacial score (nSPS) is 17.7. The van der Waals surface area contributed by atoms with Gasteiger partial charge in [-0.2, -0.15) is 0 Å². The van der Waals surface area contributed by atoms with Crippen molar-refractivity contribution in [3.8, 4) is 0 Å². The van der Waals surface area contributed by atoms with E-state index in [9.17, 15) is 15.3 Å². The van der Waals surface area contributed by atoms with Crippen molar-refractivity contribution in [2.75, 3.05) is 13.7 Å². The van der Waals surface area contributed by atoms with Crippen LogP contribution in [0.3, 0.4) is 0 Å². The molecule has 0 amide bonds. The summed E-state index contributed by atoms with van der Waals surface area (Å²) in [4.78, 5) is 0. The Morgan fingerprint density at radius 3 is 2.21 bits per heavy atom. The van der Waals surface area contributed by atoms with E-state index in [0.717, 1.165) is 5.56 Å². The molecule has 1 aromatic rings. The van der Waals surface area contributed by atoms with E-state index in [2.05, 4.69) is 0 Å². The Morgan fingerprint density at radius 1 is 1.05 bits per heavy atom. The van der Waals surface area contributed by atoms with Gasteiger partial charge in [-0.15, -0.1) is 0 Å². The quantitative estimate of drug-likeness (QED) is 0.465. The first kappa shape index (κ1) is 16.0. The van der Waals surface area contributed by atoms with Crippen LogP contribution in [-0.2, 0) is 16.1 Å². The molecule has 0 saturated heterocycles. The van der Waals surface area contributed by atoms with Crippen LogP contribution in [0.2, 0.25) is 0 Å². The van der Waals surface area contributed by atoms with Crippen molar-refractivity contribution in [3.05, 3.63) is 35.9 Å². The summed E-state index contributed by atoms with van der Waals surface area (Å²) in [7, 11) is 1.32. The number of aliphatic hydroxyl groups excluding tert-OH is 4. The molecule has 0 aliphatic carbocycles. The molecule has 0 aromatic heterocycles. The maximum atomic E-state index is 9.79. The molecular formula is C13H20O6. The fraction of sp³-hybridized carbons (Fsp3) is 0.538. The minimum absolute atomic E-state index is 0.193. The van der Waals surface area contributed by atoms with E-state index in [1.54, 1.807) is 0 Å². The van der Waals surface area contributed by atoms with Crippen molar-refractivity contribution < 1.29 is 29.9 Å². The minimum Gasteiger partial charge on any atom is -0.394 e. The molecule has 1 unspecified atom stereocenters. The first-order valence-corrected chi connectivity index (χ1v) is 5.93. The highest BCUT2D eigenvalue weighted by Crippen LogP contribution is 2.11. The molecule has 0 bridgehead atoms. The SMILES string of the molecule is COC(OCc1ccccc1)[C@@H](O)[C@H](O)[C@@H](O)CO. The molecule has 108 valence electrons. The largest absolute Gasteiger partial charge is 0.394 e. The van der Waals surface area contributed by atoms with Gasteiger partial charge in [0.2, 0.25) is 0 Å². The number of benzene rings is 1. The summed E-state index contributed by atoms with van der Waals surface area (Å²) in [5.74, 6) is 0. The zero-order chi connectivity index (χ0) is 14.3. The lowest BCUT2D eigenvalue weighted by molar-refractivity contribution is -0.221. The fourth-order valence-corrected chi connectivity index (χ4v) is 1.56. The van der Waals surface area contributed by atoms with Crippen molar-refractivity contribution in [2.45, 2.75) is 31.2 Å². The number of rotatable bonds is 8. The van der Waals surface area contributed by atoms with Gasteiger partial charge in [-0.05, 0) is 5.56 Å². The van der Waals surface area contributed by atoms with Crippen LogP contribution in [-0.4, -0.2) is 58.7 Å². The van der Waals surface area contributed by atoms with Crippen molar-refractivity contribution >= 4 is 0 Å². The van der Waals surface area contributed by atoms with E-state index in [1.807, 2.05) is 30.3 Å². The van der Waals surface area contributed by atoms with Gasteiger partial charge in [0.15, 0.2) is 6.29 Å². The predicted octanol–water partition coefficient (Wildman–Crippen LogP) is -0.749. The van der Waals surface area contributed by atoms with E-state index in [-0.39, 0.29) is 6.61 Å². The predicted molar refractivity (Wildman–Crippen MR) is 67.1 cm³/mol. The summed E-state index contributed by atoms with van der Waals surface area (Å²) in [6.07, 6.45) is -5.56. The first-order valence-electron chi connectivity index (χ1n) is 5.93. The Labute approximate surface area is 111 Å². The molecule has 1 rings (SSSR count). The van der Waals surface area contributed by atoms with E-state index in [0.29, 0.717) is 0 Å². The molecule has 1 aromatic carbocycles. The first-order chi connectivity index (χ1) is 9.10. The van der Waals surface area contributed by atoms with Crippen LogP contribution in [0.4, 0.5) is 0 Å². The van der Waals surface area contributed by atoms with Crippen LogP contribution in [0.25, 0.3) is 0 Å². The summed E-state index contributed by atoms with van der Waals surface area (Å²) in [5, 5.41) is 37.3. The third kappa shape index (κ3) is 4.87. The smallest absolute Gasteiger partial charge is 0.186 e. The average Bonchev–Trinajstić information content (AvgIpc) is 2.47.